The third-order valence-electron chi connectivity index (χ3n) is 3.01. The van der Waals surface area contributed by atoms with Crippen molar-refractivity contribution in [2.45, 2.75) is 32.6 Å². The van der Waals surface area contributed by atoms with Gasteiger partial charge in [0, 0.05) is 13.7 Å². The van der Waals surface area contributed by atoms with Crippen LogP contribution >= 0.6 is 0 Å². The molecule has 0 aliphatic heterocycles. The number of ether oxygens (including phenoxy) is 1. The molecule has 1 rings (SSSR count). The Morgan fingerprint density at radius 2 is 2.23 bits per heavy atom. The van der Waals surface area contributed by atoms with Gasteiger partial charge in [0.2, 0.25) is 0 Å². The SMILES string of the molecule is COCCCC(C)(C(=O)O)C1CC1. The minimum Gasteiger partial charge on any atom is -0.481 e. The average Bonchev–Trinajstić information content (AvgIpc) is 2.86. The van der Waals surface area contributed by atoms with Gasteiger partial charge in [-0.2, -0.15) is 0 Å². The highest BCUT2D eigenvalue weighted by atomic mass is 16.5. The summed E-state index contributed by atoms with van der Waals surface area (Å²) in [6.07, 6.45) is 3.74. The maximum atomic E-state index is 11.1. The Bertz CT molecular complexity index is 187. The molecule has 1 saturated carbocycles. The number of carboxylic acid groups (broad SMARTS) is 1. The van der Waals surface area contributed by atoms with E-state index >= 15 is 0 Å². The fourth-order valence-electron chi connectivity index (χ4n) is 1.79. The van der Waals surface area contributed by atoms with E-state index in [0.29, 0.717) is 12.5 Å². The lowest BCUT2D eigenvalue weighted by atomic mass is 9.80. The highest BCUT2D eigenvalue weighted by molar-refractivity contribution is 5.75. The van der Waals surface area contributed by atoms with Crippen molar-refractivity contribution >= 4 is 5.97 Å². The summed E-state index contributed by atoms with van der Waals surface area (Å²) in [5.41, 5.74) is -0.501. The van der Waals surface area contributed by atoms with Crippen LogP contribution in [0.5, 0.6) is 0 Å². The molecular weight excluding hydrogens is 168 g/mol. The maximum Gasteiger partial charge on any atom is 0.309 e. The van der Waals surface area contributed by atoms with Gasteiger partial charge in [0.15, 0.2) is 0 Å². The number of methoxy groups -OCH3 is 1. The fourth-order valence-corrected chi connectivity index (χ4v) is 1.79. The van der Waals surface area contributed by atoms with Gasteiger partial charge in [0.25, 0.3) is 0 Å². The van der Waals surface area contributed by atoms with Crippen LogP contribution in [0.25, 0.3) is 0 Å². The van der Waals surface area contributed by atoms with Gasteiger partial charge in [-0.15, -0.1) is 0 Å². The first-order chi connectivity index (χ1) is 6.11. The first-order valence-corrected chi connectivity index (χ1v) is 4.83. The summed E-state index contributed by atoms with van der Waals surface area (Å²) >= 11 is 0. The van der Waals surface area contributed by atoms with Crippen molar-refractivity contribution in [3.05, 3.63) is 0 Å². The van der Waals surface area contributed by atoms with E-state index in [2.05, 4.69) is 0 Å². The summed E-state index contributed by atoms with van der Waals surface area (Å²) in [5, 5.41) is 9.10. The van der Waals surface area contributed by atoms with Crippen molar-refractivity contribution in [2.75, 3.05) is 13.7 Å². The van der Waals surface area contributed by atoms with Gasteiger partial charge >= 0.3 is 5.97 Å². The van der Waals surface area contributed by atoms with Gasteiger partial charge in [-0.1, -0.05) is 0 Å². The van der Waals surface area contributed by atoms with E-state index in [1.165, 1.54) is 0 Å². The quantitative estimate of drug-likeness (QED) is 0.644. The molecule has 0 aromatic rings. The van der Waals surface area contributed by atoms with E-state index in [-0.39, 0.29) is 0 Å². The molecule has 3 nitrogen and oxygen atoms in total. The van der Waals surface area contributed by atoms with E-state index in [1.54, 1.807) is 7.11 Å². The predicted molar refractivity (Wildman–Crippen MR) is 49.6 cm³/mol. The molecule has 0 aromatic heterocycles. The molecule has 1 unspecified atom stereocenters. The van der Waals surface area contributed by atoms with Crippen LogP contribution < -0.4 is 0 Å². The summed E-state index contributed by atoms with van der Waals surface area (Å²) in [6.45, 7) is 2.53. The van der Waals surface area contributed by atoms with Crippen molar-refractivity contribution in [1.29, 1.82) is 0 Å². The molecule has 76 valence electrons. The first kappa shape index (κ1) is 10.5. The van der Waals surface area contributed by atoms with Gasteiger partial charge in [-0.25, -0.2) is 0 Å². The third-order valence-corrected chi connectivity index (χ3v) is 3.01. The Kier molecular flexibility index (Phi) is 3.31. The predicted octanol–water partition coefficient (Wildman–Crippen LogP) is 1.91. The van der Waals surface area contributed by atoms with E-state index in [1.807, 2.05) is 6.92 Å². The maximum absolute atomic E-state index is 11.1. The number of rotatable bonds is 6. The lowest BCUT2D eigenvalue weighted by Crippen LogP contribution is -2.30. The standard InChI is InChI=1S/C10H18O3/c1-10(9(11)12,8-4-5-8)6-3-7-13-2/h8H,3-7H2,1-2H3,(H,11,12). The second-order valence-electron chi connectivity index (χ2n) is 4.09. The number of aliphatic carboxylic acids is 1. The molecule has 0 heterocycles. The van der Waals surface area contributed by atoms with Crippen molar-refractivity contribution in [1.82, 2.24) is 0 Å². The normalized spacial score (nSPS) is 21.1. The van der Waals surface area contributed by atoms with Crippen LogP contribution in [0.2, 0.25) is 0 Å². The highest BCUT2D eigenvalue weighted by Crippen LogP contribution is 2.48. The fraction of sp³-hybridized carbons (Fsp3) is 0.900. The molecule has 0 amide bonds. The van der Waals surface area contributed by atoms with Crippen molar-refractivity contribution in [3.8, 4) is 0 Å². The van der Waals surface area contributed by atoms with Crippen molar-refractivity contribution in [2.24, 2.45) is 11.3 Å². The van der Waals surface area contributed by atoms with Crippen LogP contribution in [0.15, 0.2) is 0 Å². The molecule has 0 bridgehead atoms. The molecule has 1 aliphatic rings. The summed E-state index contributed by atoms with van der Waals surface area (Å²) in [6, 6.07) is 0. The van der Waals surface area contributed by atoms with Crippen molar-refractivity contribution in [3.63, 3.8) is 0 Å². The Labute approximate surface area is 79.1 Å². The second kappa shape index (κ2) is 4.09. The van der Waals surface area contributed by atoms with Crippen LogP contribution in [-0.2, 0) is 9.53 Å². The largest absolute Gasteiger partial charge is 0.481 e. The average molecular weight is 186 g/mol. The van der Waals surface area contributed by atoms with Gasteiger partial charge in [0.05, 0.1) is 5.41 Å². The van der Waals surface area contributed by atoms with Crippen LogP contribution in [0.1, 0.15) is 32.6 Å². The minimum atomic E-state index is -0.647. The highest BCUT2D eigenvalue weighted by Gasteiger charge is 2.46. The second-order valence-corrected chi connectivity index (χ2v) is 4.09. The summed E-state index contributed by atoms with van der Waals surface area (Å²) in [4.78, 5) is 11.1. The molecule has 0 saturated heterocycles. The van der Waals surface area contributed by atoms with Gasteiger partial charge in [0.1, 0.15) is 0 Å². The Hall–Kier alpha value is -0.570. The van der Waals surface area contributed by atoms with Crippen LogP contribution in [-0.4, -0.2) is 24.8 Å². The number of carboxylic acids is 1. The van der Waals surface area contributed by atoms with Gasteiger partial charge < -0.3 is 9.84 Å². The molecule has 3 heteroatoms. The molecule has 0 aromatic carbocycles. The Morgan fingerprint density at radius 3 is 2.62 bits per heavy atom. The van der Waals surface area contributed by atoms with Gasteiger partial charge in [-0.05, 0) is 38.5 Å². The molecule has 1 aliphatic carbocycles. The molecular formula is C10H18O3. The van der Waals surface area contributed by atoms with E-state index in [0.717, 1.165) is 25.7 Å². The molecule has 1 fully saturated rings. The number of hydrogen-bond acceptors (Lipinski definition) is 2. The molecule has 13 heavy (non-hydrogen) atoms. The molecule has 0 radical (unpaired) electrons. The molecule has 1 N–H and O–H groups in total. The number of hydrogen-bond donors (Lipinski definition) is 1. The Balaban J connectivity index is 2.42. The third kappa shape index (κ3) is 2.44. The van der Waals surface area contributed by atoms with E-state index < -0.39 is 11.4 Å². The van der Waals surface area contributed by atoms with Crippen molar-refractivity contribution < 1.29 is 14.6 Å². The minimum absolute atomic E-state index is 0.404. The smallest absolute Gasteiger partial charge is 0.309 e. The van der Waals surface area contributed by atoms with Gasteiger partial charge in [-0.3, -0.25) is 4.79 Å². The van der Waals surface area contributed by atoms with Crippen LogP contribution in [0.4, 0.5) is 0 Å². The molecule has 1 atom stereocenters. The molecule has 0 spiro atoms. The van der Waals surface area contributed by atoms with Crippen LogP contribution in [0.3, 0.4) is 0 Å². The zero-order chi connectivity index (χ0) is 9.90. The topological polar surface area (TPSA) is 46.5 Å². The summed E-state index contributed by atoms with van der Waals surface area (Å²) in [5.74, 6) is -0.243. The number of carbonyl (C=O) groups is 1. The zero-order valence-electron chi connectivity index (χ0n) is 8.38. The zero-order valence-corrected chi connectivity index (χ0v) is 8.38. The lowest BCUT2D eigenvalue weighted by molar-refractivity contribution is -0.149. The van der Waals surface area contributed by atoms with E-state index in [9.17, 15) is 4.79 Å². The summed E-state index contributed by atoms with van der Waals surface area (Å²) < 4.78 is 4.92. The monoisotopic (exact) mass is 186 g/mol. The van der Waals surface area contributed by atoms with E-state index in [4.69, 9.17) is 9.84 Å². The lowest BCUT2D eigenvalue weighted by Gasteiger charge is -2.24. The summed E-state index contributed by atoms with van der Waals surface area (Å²) in [7, 11) is 1.65. The Morgan fingerprint density at radius 1 is 1.62 bits per heavy atom. The first-order valence-electron chi connectivity index (χ1n) is 4.83. The van der Waals surface area contributed by atoms with Crippen LogP contribution in [0, 0.1) is 11.3 Å².